The van der Waals surface area contributed by atoms with E-state index >= 15 is 0 Å². The van der Waals surface area contributed by atoms with E-state index in [1.165, 1.54) is 36.1 Å². The highest BCUT2D eigenvalue weighted by atomic mass is 32.1. The first kappa shape index (κ1) is 8.59. The summed E-state index contributed by atoms with van der Waals surface area (Å²) in [6, 6.07) is 4.12. The van der Waals surface area contributed by atoms with Crippen molar-refractivity contribution in [1.82, 2.24) is 0 Å². The first-order valence-corrected chi connectivity index (χ1v) is 5.58. The van der Waals surface area contributed by atoms with E-state index in [0.29, 0.717) is 0 Å². The zero-order valence-corrected chi connectivity index (χ0v) is 8.36. The minimum atomic E-state index is 1.17. The van der Waals surface area contributed by atoms with Crippen LogP contribution in [0.4, 0.5) is 0 Å². The van der Waals surface area contributed by atoms with Crippen LogP contribution in [0.5, 0.6) is 0 Å². The van der Waals surface area contributed by atoms with Crippen molar-refractivity contribution in [2.45, 2.75) is 25.7 Å². The maximum Gasteiger partial charge on any atom is 0.0772 e. The Bertz CT molecular complexity index is 346. The lowest BCUT2D eigenvalue weighted by molar-refractivity contribution is 0.715. The fraction of sp³-hybridized carbons (Fsp3) is 0.333. The van der Waals surface area contributed by atoms with E-state index in [9.17, 15) is 0 Å². The van der Waals surface area contributed by atoms with Crippen LogP contribution in [0.15, 0.2) is 29.2 Å². The molecule has 0 N–H and O–H groups in total. The second-order valence-corrected chi connectivity index (χ2v) is 4.15. The number of hydrogen-bond acceptors (Lipinski definition) is 1. The first-order chi connectivity index (χ1) is 6.45. The fourth-order valence-corrected chi connectivity index (χ4v) is 2.01. The van der Waals surface area contributed by atoms with Crippen LogP contribution in [0, 0.1) is 11.8 Å². The highest BCUT2D eigenvalue weighted by molar-refractivity contribution is 7.10. The van der Waals surface area contributed by atoms with Crippen LogP contribution in [0.1, 0.15) is 30.6 Å². The highest BCUT2D eigenvalue weighted by Crippen LogP contribution is 2.16. The van der Waals surface area contributed by atoms with Crippen LogP contribution in [-0.2, 0) is 0 Å². The van der Waals surface area contributed by atoms with Crippen LogP contribution in [0.25, 0.3) is 0 Å². The number of allylic oxidation sites excluding steroid dienone is 2. The molecule has 0 radical (unpaired) electrons. The van der Waals surface area contributed by atoms with E-state index in [0.717, 1.165) is 0 Å². The summed E-state index contributed by atoms with van der Waals surface area (Å²) in [4.78, 5) is 1.17. The Morgan fingerprint density at radius 1 is 1.23 bits per heavy atom. The molecule has 0 bridgehead atoms. The van der Waals surface area contributed by atoms with Crippen LogP contribution in [0.2, 0.25) is 0 Å². The molecule has 1 heterocycles. The third kappa shape index (κ3) is 2.47. The van der Waals surface area contributed by atoms with Gasteiger partial charge in [0.25, 0.3) is 0 Å². The molecule has 1 aliphatic rings. The number of thiophene rings is 1. The van der Waals surface area contributed by atoms with E-state index in [-0.39, 0.29) is 0 Å². The van der Waals surface area contributed by atoms with E-state index in [1.807, 2.05) is 6.07 Å². The maximum atomic E-state index is 3.25. The molecule has 13 heavy (non-hydrogen) atoms. The average molecular weight is 188 g/mol. The van der Waals surface area contributed by atoms with Gasteiger partial charge in [-0.3, -0.25) is 0 Å². The van der Waals surface area contributed by atoms with Gasteiger partial charge in [-0.1, -0.05) is 24.0 Å². The Balaban J connectivity index is 2.07. The Labute approximate surface area is 83.3 Å². The van der Waals surface area contributed by atoms with Gasteiger partial charge < -0.3 is 0 Å². The largest absolute Gasteiger partial charge is 0.135 e. The molecule has 0 amide bonds. The Morgan fingerprint density at radius 3 is 2.92 bits per heavy atom. The molecule has 0 aliphatic heterocycles. The van der Waals surface area contributed by atoms with Crippen molar-refractivity contribution < 1.29 is 0 Å². The summed E-state index contributed by atoms with van der Waals surface area (Å²) >= 11 is 1.71. The second-order valence-electron chi connectivity index (χ2n) is 3.20. The molecule has 0 unspecified atom stereocenters. The zero-order valence-electron chi connectivity index (χ0n) is 7.55. The van der Waals surface area contributed by atoms with E-state index in [1.54, 1.807) is 11.3 Å². The zero-order chi connectivity index (χ0) is 8.93. The Kier molecular flexibility index (Phi) is 2.84. The SMILES string of the molecule is C(#Cc1cccs1)C1=CCCCC1. The summed E-state index contributed by atoms with van der Waals surface area (Å²) in [6.07, 6.45) is 7.33. The van der Waals surface area contributed by atoms with Crippen molar-refractivity contribution in [3.8, 4) is 11.8 Å². The Morgan fingerprint density at radius 2 is 2.23 bits per heavy atom. The lowest BCUT2D eigenvalue weighted by Gasteiger charge is -2.05. The minimum Gasteiger partial charge on any atom is -0.135 e. The predicted octanol–water partition coefficient (Wildman–Crippen LogP) is 3.60. The molecule has 0 spiro atoms. The molecule has 66 valence electrons. The number of hydrogen-bond donors (Lipinski definition) is 0. The quantitative estimate of drug-likeness (QED) is 0.546. The summed E-state index contributed by atoms with van der Waals surface area (Å²) in [6.45, 7) is 0. The summed E-state index contributed by atoms with van der Waals surface area (Å²) in [5.41, 5.74) is 1.33. The van der Waals surface area contributed by atoms with Gasteiger partial charge in [-0.2, -0.15) is 0 Å². The molecule has 1 aliphatic carbocycles. The molecular weight excluding hydrogens is 176 g/mol. The van der Waals surface area contributed by atoms with Crippen molar-refractivity contribution in [2.24, 2.45) is 0 Å². The van der Waals surface area contributed by atoms with Crippen molar-refractivity contribution in [3.63, 3.8) is 0 Å². The van der Waals surface area contributed by atoms with Gasteiger partial charge in [0.1, 0.15) is 0 Å². The maximum absolute atomic E-state index is 3.25. The predicted molar refractivity (Wildman–Crippen MR) is 57.7 cm³/mol. The summed E-state index contributed by atoms with van der Waals surface area (Å²) in [5, 5.41) is 2.07. The fourth-order valence-electron chi connectivity index (χ4n) is 1.44. The van der Waals surface area contributed by atoms with Crippen molar-refractivity contribution in [1.29, 1.82) is 0 Å². The van der Waals surface area contributed by atoms with Crippen LogP contribution in [0.3, 0.4) is 0 Å². The monoisotopic (exact) mass is 188 g/mol. The number of rotatable bonds is 0. The lowest BCUT2D eigenvalue weighted by Crippen LogP contribution is -1.88. The summed E-state index contributed by atoms with van der Waals surface area (Å²) in [5.74, 6) is 6.44. The Hall–Kier alpha value is -1.00. The van der Waals surface area contributed by atoms with Gasteiger partial charge in [0, 0.05) is 0 Å². The average Bonchev–Trinajstić information content (AvgIpc) is 2.69. The third-order valence-corrected chi connectivity index (χ3v) is 2.94. The molecule has 1 aromatic heterocycles. The molecule has 2 rings (SSSR count). The molecule has 0 aromatic carbocycles. The smallest absolute Gasteiger partial charge is 0.0772 e. The molecule has 0 saturated heterocycles. The molecular formula is C12H12S. The van der Waals surface area contributed by atoms with Crippen LogP contribution < -0.4 is 0 Å². The standard InChI is InChI=1S/C12H12S/c1-2-5-11(6-3-1)8-9-12-7-4-10-13-12/h4-5,7,10H,1-3,6H2. The topological polar surface area (TPSA) is 0 Å². The third-order valence-electron chi connectivity index (χ3n) is 2.16. The van der Waals surface area contributed by atoms with E-state index in [4.69, 9.17) is 0 Å². The highest BCUT2D eigenvalue weighted by Gasteiger charge is 1.99. The molecule has 1 aromatic rings. The van der Waals surface area contributed by atoms with Gasteiger partial charge in [-0.15, -0.1) is 11.3 Å². The van der Waals surface area contributed by atoms with Gasteiger partial charge in [0.2, 0.25) is 0 Å². The van der Waals surface area contributed by atoms with E-state index in [2.05, 4.69) is 29.4 Å². The minimum absolute atomic E-state index is 1.17. The first-order valence-electron chi connectivity index (χ1n) is 4.70. The molecule has 0 saturated carbocycles. The van der Waals surface area contributed by atoms with Crippen molar-refractivity contribution >= 4 is 11.3 Å². The van der Waals surface area contributed by atoms with Gasteiger partial charge in [0.05, 0.1) is 4.88 Å². The summed E-state index contributed by atoms with van der Waals surface area (Å²) < 4.78 is 0. The van der Waals surface area contributed by atoms with Crippen molar-refractivity contribution in [3.05, 3.63) is 34.0 Å². The van der Waals surface area contributed by atoms with E-state index < -0.39 is 0 Å². The molecule has 1 heteroatoms. The van der Waals surface area contributed by atoms with Crippen LogP contribution in [-0.4, -0.2) is 0 Å². The molecule has 0 atom stereocenters. The normalized spacial score (nSPS) is 15.8. The van der Waals surface area contributed by atoms with Gasteiger partial charge in [-0.25, -0.2) is 0 Å². The van der Waals surface area contributed by atoms with Gasteiger partial charge in [-0.05, 0) is 42.7 Å². The van der Waals surface area contributed by atoms with Crippen LogP contribution >= 0.6 is 11.3 Å². The second kappa shape index (κ2) is 4.30. The van der Waals surface area contributed by atoms with Gasteiger partial charge in [0.15, 0.2) is 0 Å². The molecule has 0 nitrogen and oxygen atoms in total. The summed E-state index contributed by atoms with van der Waals surface area (Å²) in [7, 11) is 0. The van der Waals surface area contributed by atoms with Gasteiger partial charge >= 0.3 is 0 Å². The molecule has 0 fully saturated rings. The van der Waals surface area contributed by atoms with Crippen molar-refractivity contribution in [2.75, 3.05) is 0 Å². The lowest BCUT2D eigenvalue weighted by atomic mass is 10.0.